The first-order chi connectivity index (χ1) is 38.0. The lowest BCUT2D eigenvalue weighted by Gasteiger charge is -2.29. The zero-order valence-corrected chi connectivity index (χ0v) is 53.0. The van der Waals surface area contributed by atoms with Gasteiger partial charge in [-0.25, -0.2) is 0 Å². The van der Waals surface area contributed by atoms with Gasteiger partial charge in [-0.3, -0.25) is 9.36 Å². The van der Waals surface area contributed by atoms with Gasteiger partial charge in [-0.2, -0.15) is 0 Å². The molecular formula is C69H129N2O6P. The summed E-state index contributed by atoms with van der Waals surface area (Å²) in [6.07, 6.45) is 83.1. The number of aliphatic hydroxyl groups excluding tert-OH is 1. The lowest BCUT2D eigenvalue weighted by Crippen LogP contribution is -2.45. The second-order valence-electron chi connectivity index (χ2n) is 23.8. The Hall–Kier alpha value is -2.06. The van der Waals surface area contributed by atoms with Gasteiger partial charge in [-0.05, 0) is 70.6 Å². The van der Waals surface area contributed by atoms with Crippen LogP contribution in [0.4, 0.5) is 0 Å². The first-order valence-corrected chi connectivity index (χ1v) is 34.8. The summed E-state index contributed by atoms with van der Waals surface area (Å²) in [6, 6.07) is -0.904. The molecule has 0 aliphatic heterocycles. The van der Waals surface area contributed by atoms with Crippen LogP contribution in [0.2, 0.25) is 0 Å². The number of hydrogen-bond acceptors (Lipinski definition) is 6. The summed E-state index contributed by atoms with van der Waals surface area (Å²) in [5.74, 6) is -0.203. The molecular weight excluding hydrogens is 984 g/mol. The summed E-state index contributed by atoms with van der Waals surface area (Å²) >= 11 is 0. The van der Waals surface area contributed by atoms with Crippen molar-refractivity contribution >= 4 is 13.7 Å². The van der Waals surface area contributed by atoms with Crippen LogP contribution in [0.25, 0.3) is 0 Å². The third-order valence-electron chi connectivity index (χ3n) is 14.9. The van der Waals surface area contributed by atoms with Gasteiger partial charge >= 0.3 is 0 Å². The Morgan fingerprint density at radius 2 is 0.795 bits per heavy atom. The number of phosphoric ester groups is 1. The molecule has 3 atom stereocenters. The molecule has 8 nitrogen and oxygen atoms in total. The zero-order valence-electron chi connectivity index (χ0n) is 52.1. The Bertz CT molecular complexity index is 1500. The topological polar surface area (TPSA) is 108 Å². The zero-order chi connectivity index (χ0) is 57.0. The maximum atomic E-state index is 13.0. The number of quaternary nitrogens is 1. The number of nitrogens with zero attached hydrogens (tertiary/aromatic N) is 1. The summed E-state index contributed by atoms with van der Waals surface area (Å²) in [5.41, 5.74) is 0. The molecule has 0 aromatic carbocycles. The van der Waals surface area contributed by atoms with E-state index in [0.717, 1.165) is 64.2 Å². The van der Waals surface area contributed by atoms with Crippen LogP contribution in [0.1, 0.15) is 309 Å². The molecule has 0 aliphatic carbocycles. The highest BCUT2D eigenvalue weighted by Crippen LogP contribution is 2.38. The number of allylic oxidation sites excluding steroid dienone is 11. The van der Waals surface area contributed by atoms with Crippen LogP contribution >= 0.6 is 7.82 Å². The van der Waals surface area contributed by atoms with Gasteiger partial charge in [-0.1, -0.05) is 305 Å². The Kier molecular flexibility index (Phi) is 58.0. The van der Waals surface area contributed by atoms with Crippen molar-refractivity contribution in [2.45, 2.75) is 321 Å². The monoisotopic (exact) mass is 1110 g/mol. The van der Waals surface area contributed by atoms with Gasteiger partial charge in [0.2, 0.25) is 5.91 Å². The highest BCUT2D eigenvalue weighted by atomic mass is 31.2. The van der Waals surface area contributed by atoms with E-state index >= 15 is 0 Å². The van der Waals surface area contributed by atoms with Crippen molar-refractivity contribution < 1.29 is 32.9 Å². The van der Waals surface area contributed by atoms with Gasteiger partial charge in [0.1, 0.15) is 13.2 Å². The van der Waals surface area contributed by atoms with Crippen molar-refractivity contribution in [3.8, 4) is 0 Å². The Morgan fingerprint density at radius 1 is 0.462 bits per heavy atom. The fourth-order valence-electron chi connectivity index (χ4n) is 9.75. The number of aliphatic hydroxyl groups is 1. The average Bonchev–Trinajstić information content (AvgIpc) is 3.40. The Labute approximate surface area is 484 Å². The largest absolute Gasteiger partial charge is 0.756 e. The van der Waals surface area contributed by atoms with E-state index in [1.54, 1.807) is 6.08 Å². The van der Waals surface area contributed by atoms with E-state index in [-0.39, 0.29) is 12.5 Å². The predicted molar refractivity (Wildman–Crippen MR) is 339 cm³/mol. The normalized spacial score (nSPS) is 14.2. The number of hydrogen-bond donors (Lipinski definition) is 2. The fraction of sp³-hybridized carbons (Fsp3) is 0.812. The summed E-state index contributed by atoms with van der Waals surface area (Å²) in [5, 5.41) is 13.9. The Balaban J connectivity index is 3.95. The lowest BCUT2D eigenvalue weighted by molar-refractivity contribution is -0.870. The van der Waals surface area contributed by atoms with Crippen LogP contribution in [-0.2, 0) is 18.4 Å². The predicted octanol–water partition coefficient (Wildman–Crippen LogP) is 20.4. The van der Waals surface area contributed by atoms with E-state index in [1.165, 1.54) is 225 Å². The molecule has 0 spiro atoms. The smallest absolute Gasteiger partial charge is 0.268 e. The minimum Gasteiger partial charge on any atom is -0.756 e. The number of nitrogens with one attached hydrogen (secondary N) is 1. The first-order valence-electron chi connectivity index (χ1n) is 33.3. The minimum absolute atomic E-state index is 0.00596. The van der Waals surface area contributed by atoms with Crippen molar-refractivity contribution in [2.24, 2.45) is 0 Å². The molecule has 0 radical (unpaired) electrons. The molecule has 9 heteroatoms. The van der Waals surface area contributed by atoms with Gasteiger partial charge < -0.3 is 28.8 Å². The lowest BCUT2D eigenvalue weighted by atomic mass is 10.0. The van der Waals surface area contributed by atoms with Gasteiger partial charge in [-0.15, -0.1) is 0 Å². The van der Waals surface area contributed by atoms with Crippen molar-refractivity contribution in [3.63, 3.8) is 0 Å². The van der Waals surface area contributed by atoms with Gasteiger partial charge in [0.05, 0.1) is 39.9 Å². The van der Waals surface area contributed by atoms with Crippen LogP contribution in [0, 0.1) is 0 Å². The van der Waals surface area contributed by atoms with E-state index < -0.39 is 26.6 Å². The number of rotatable bonds is 61. The molecule has 0 aromatic rings. The summed E-state index contributed by atoms with van der Waals surface area (Å²) in [6.45, 7) is 4.54. The molecule has 0 saturated heterocycles. The number of carbonyl (C=O) groups is 1. The van der Waals surface area contributed by atoms with Crippen molar-refractivity contribution in [1.29, 1.82) is 0 Å². The van der Waals surface area contributed by atoms with Crippen molar-refractivity contribution in [2.75, 3.05) is 40.9 Å². The fourth-order valence-corrected chi connectivity index (χ4v) is 10.5. The summed E-state index contributed by atoms with van der Waals surface area (Å²) in [7, 11) is 1.25. The summed E-state index contributed by atoms with van der Waals surface area (Å²) in [4.78, 5) is 25.5. The number of phosphoric acid groups is 1. The third kappa shape index (κ3) is 61.6. The minimum atomic E-state index is -4.61. The molecule has 78 heavy (non-hydrogen) atoms. The molecule has 0 heterocycles. The van der Waals surface area contributed by atoms with Crippen LogP contribution in [0.15, 0.2) is 72.9 Å². The molecule has 0 fully saturated rings. The highest BCUT2D eigenvalue weighted by Gasteiger charge is 2.23. The van der Waals surface area contributed by atoms with Crippen LogP contribution < -0.4 is 10.2 Å². The molecule has 0 saturated carbocycles. The molecule has 1 amide bonds. The van der Waals surface area contributed by atoms with Crippen LogP contribution in [0.5, 0.6) is 0 Å². The highest BCUT2D eigenvalue weighted by molar-refractivity contribution is 7.45. The van der Waals surface area contributed by atoms with Crippen molar-refractivity contribution in [1.82, 2.24) is 5.32 Å². The van der Waals surface area contributed by atoms with E-state index in [9.17, 15) is 19.4 Å². The molecule has 3 unspecified atom stereocenters. The second-order valence-corrected chi connectivity index (χ2v) is 25.2. The number of likely N-dealkylation sites (N-methyl/N-ethyl adjacent to an activating group) is 1. The molecule has 0 aromatic heterocycles. The number of amides is 1. The van der Waals surface area contributed by atoms with Gasteiger partial charge in [0.15, 0.2) is 0 Å². The SMILES string of the molecule is CC/C=C\C/C=C\C/C=C\C/C=C\CCCCCCCCCCCCCCCCCCCCCCCCCCCCC(=O)NC(COP(=O)([O-])OCC[N+](C)(C)C)C(O)/C=C/CC/C=C/CCCCCCCCCCCCC. The summed E-state index contributed by atoms with van der Waals surface area (Å²) < 4.78 is 23.4. The molecule has 2 N–H and O–H groups in total. The van der Waals surface area contributed by atoms with Crippen LogP contribution in [-0.4, -0.2) is 68.5 Å². The van der Waals surface area contributed by atoms with E-state index in [4.69, 9.17) is 9.05 Å². The standard InChI is InChI=1S/C69H129N2O6P/c1-6-8-10-12-14-16-18-20-22-24-25-26-27-28-29-30-31-32-33-34-35-36-37-38-39-40-41-42-43-44-45-47-49-51-53-55-57-59-61-63-69(73)70-67(66-77-78(74,75)76-65-64-71(3,4)5)68(72)62-60-58-56-54-52-50-48-46-23-21-19-17-15-13-11-9-7-2/h8,10,14,16,20,22,25-26,52,54,60,62,67-68,72H,6-7,9,11-13,15,17-19,21,23-24,27-51,53,55-59,61,63-66H2,1-5H3,(H-,70,73,74,75)/b10-8-,16-14-,22-20-,26-25-,54-52+,62-60+. The molecule has 456 valence electrons. The second kappa shape index (κ2) is 59.6. The third-order valence-corrected chi connectivity index (χ3v) is 15.9. The van der Waals surface area contributed by atoms with E-state index in [2.05, 4.69) is 79.9 Å². The molecule has 0 aliphatic rings. The van der Waals surface area contributed by atoms with Crippen molar-refractivity contribution in [3.05, 3.63) is 72.9 Å². The molecule has 0 bridgehead atoms. The van der Waals surface area contributed by atoms with Gasteiger partial charge in [0.25, 0.3) is 7.82 Å². The number of carbonyl (C=O) groups excluding carboxylic acids is 1. The average molecular weight is 1110 g/mol. The maximum Gasteiger partial charge on any atom is 0.268 e. The van der Waals surface area contributed by atoms with E-state index in [0.29, 0.717) is 17.4 Å². The molecule has 0 rings (SSSR count). The first kappa shape index (κ1) is 75.9. The van der Waals surface area contributed by atoms with Gasteiger partial charge in [0, 0.05) is 6.42 Å². The quantitative estimate of drug-likeness (QED) is 0.0272. The Morgan fingerprint density at radius 3 is 1.19 bits per heavy atom. The van der Waals surface area contributed by atoms with Crippen LogP contribution in [0.3, 0.4) is 0 Å². The maximum absolute atomic E-state index is 13.0. The van der Waals surface area contributed by atoms with E-state index in [1.807, 2.05) is 27.2 Å². The number of unbranched alkanes of at least 4 members (excludes halogenated alkanes) is 38.